The molecule has 0 aliphatic carbocycles. The molecule has 0 spiro atoms. The molecule has 1 aromatic heterocycles. The van der Waals surface area contributed by atoms with Gasteiger partial charge in [0, 0.05) is 24.4 Å². The minimum absolute atomic E-state index is 0.120. The molecule has 0 fully saturated rings. The van der Waals surface area contributed by atoms with Crippen LogP contribution in [0.1, 0.15) is 71.6 Å². The van der Waals surface area contributed by atoms with Gasteiger partial charge >= 0.3 is 5.97 Å². The summed E-state index contributed by atoms with van der Waals surface area (Å²) in [5.74, 6) is 0.595. The fourth-order valence-corrected chi connectivity index (χ4v) is 3.36. The number of aliphatic hydroxyl groups is 1. The molecule has 1 aromatic rings. The second-order valence-electron chi connectivity index (χ2n) is 8.12. The molecular formula is C21H37N3O3S. The van der Waals surface area contributed by atoms with E-state index in [4.69, 9.17) is 4.74 Å². The van der Waals surface area contributed by atoms with Crippen molar-refractivity contribution >= 4 is 23.3 Å². The number of hydrogen-bond acceptors (Lipinski definition) is 5. The van der Waals surface area contributed by atoms with E-state index in [1.165, 1.54) is 11.3 Å². The van der Waals surface area contributed by atoms with Crippen LogP contribution in [0.2, 0.25) is 0 Å². The molecule has 0 radical (unpaired) electrons. The number of esters is 1. The van der Waals surface area contributed by atoms with E-state index >= 15 is 0 Å². The summed E-state index contributed by atoms with van der Waals surface area (Å²) in [4.78, 5) is 17.1. The molecule has 3 N–H and O–H groups in total. The maximum Gasteiger partial charge on any atom is 0.306 e. The largest absolute Gasteiger partial charge is 0.460 e. The van der Waals surface area contributed by atoms with Crippen molar-refractivity contribution in [2.24, 2.45) is 4.99 Å². The molecule has 7 heteroatoms. The number of ether oxygens (including phenoxy) is 1. The van der Waals surface area contributed by atoms with Gasteiger partial charge in [0.1, 0.15) is 11.2 Å². The SMILES string of the molecule is CCNC(=NCC(C)(O)c1cccs1)NCCCCCCC(=O)OC(C)(C)C. The number of nitrogens with zero attached hydrogens (tertiary/aromatic N) is 1. The molecule has 160 valence electrons. The van der Waals surface area contributed by atoms with Gasteiger partial charge in [0.15, 0.2) is 5.96 Å². The average Bonchev–Trinajstić information content (AvgIpc) is 3.12. The molecule has 0 saturated heterocycles. The Labute approximate surface area is 173 Å². The summed E-state index contributed by atoms with van der Waals surface area (Å²) >= 11 is 1.54. The number of guanidine groups is 1. The van der Waals surface area contributed by atoms with Crippen LogP contribution in [0.15, 0.2) is 22.5 Å². The molecule has 0 aliphatic rings. The molecule has 1 rings (SSSR count). The van der Waals surface area contributed by atoms with Crippen molar-refractivity contribution in [2.75, 3.05) is 19.6 Å². The van der Waals surface area contributed by atoms with Crippen molar-refractivity contribution in [3.63, 3.8) is 0 Å². The molecule has 28 heavy (non-hydrogen) atoms. The summed E-state index contributed by atoms with van der Waals surface area (Å²) in [6.45, 7) is 11.3. The molecule has 6 nitrogen and oxygen atoms in total. The van der Waals surface area contributed by atoms with Gasteiger partial charge in [-0.05, 0) is 58.9 Å². The van der Waals surface area contributed by atoms with Gasteiger partial charge in [0.05, 0.1) is 6.54 Å². The normalized spacial score (nSPS) is 14.4. The fraction of sp³-hybridized carbons (Fsp3) is 0.714. The van der Waals surface area contributed by atoms with E-state index in [2.05, 4.69) is 15.6 Å². The highest BCUT2D eigenvalue weighted by atomic mass is 32.1. The molecule has 1 atom stereocenters. The maximum absolute atomic E-state index is 11.7. The zero-order valence-electron chi connectivity index (χ0n) is 18.0. The van der Waals surface area contributed by atoms with Crippen LogP contribution in [0.4, 0.5) is 0 Å². The number of hydrogen-bond donors (Lipinski definition) is 3. The van der Waals surface area contributed by atoms with Crippen molar-refractivity contribution in [3.8, 4) is 0 Å². The topological polar surface area (TPSA) is 83.0 Å². The molecule has 1 heterocycles. The van der Waals surface area contributed by atoms with E-state index in [9.17, 15) is 9.90 Å². The maximum atomic E-state index is 11.7. The first-order valence-electron chi connectivity index (χ1n) is 10.1. The Kier molecular flexibility index (Phi) is 10.5. The molecule has 0 saturated carbocycles. The molecule has 1 unspecified atom stereocenters. The number of thiophene rings is 1. The molecule has 0 aromatic carbocycles. The summed E-state index contributed by atoms with van der Waals surface area (Å²) in [7, 11) is 0. The van der Waals surface area contributed by atoms with Gasteiger partial charge in [-0.3, -0.25) is 4.79 Å². The lowest BCUT2D eigenvalue weighted by molar-refractivity contribution is -0.154. The van der Waals surface area contributed by atoms with Crippen molar-refractivity contribution in [3.05, 3.63) is 22.4 Å². The third kappa shape index (κ3) is 10.7. The Morgan fingerprint density at radius 3 is 2.50 bits per heavy atom. The van der Waals surface area contributed by atoms with E-state index in [1.807, 2.05) is 45.2 Å². The minimum atomic E-state index is -0.960. The number of carbonyl (C=O) groups excluding carboxylic acids is 1. The van der Waals surface area contributed by atoms with Crippen LogP contribution in [0.3, 0.4) is 0 Å². The summed E-state index contributed by atoms with van der Waals surface area (Å²) in [5.41, 5.74) is -1.37. The predicted molar refractivity (Wildman–Crippen MR) is 117 cm³/mol. The predicted octanol–water partition coefficient (Wildman–Crippen LogP) is 3.80. The summed E-state index contributed by atoms with van der Waals surface area (Å²) < 4.78 is 5.31. The smallest absolute Gasteiger partial charge is 0.306 e. The summed E-state index contributed by atoms with van der Waals surface area (Å²) in [6, 6.07) is 3.86. The second kappa shape index (κ2) is 12.1. The Morgan fingerprint density at radius 2 is 1.89 bits per heavy atom. The monoisotopic (exact) mass is 411 g/mol. The minimum Gasteiger partial charge on any atom is -0.460 e. The highest BCUT2D eigenvalue weighted by molar-refractivity contribution is 7.10. The number of nitrogens with one attached hydrogen (secondary N) is 2. The van der Waals surface area contributed by atoms with Gasteiger partial charge in [0.2, 0.25) is 0 Å². The zero-order valence-corrected chi connectivity index (χ0v) is 18.8. The van der Waals surface area contributed by atoms with Crippen molar-refractivity contribution in [1.29, 1.82) is 0 Å². The van der Waals surface area contributed by atoms with E-state index < -0.39 is 11.2 Å². The van der Waals surface area contributed by atoms with Crippen LogP contribution in [-0.2, 0) is 15.1 Å². The van der Waals surface area contributed by atoms with Gasteiger partial charge in [-0.2, -0.15) is 0 Å². The number of unbranched alkanes of at least 4 members (excludes halogenated alkanes) is 3. The van der Waals surface area contributed by atoms with E-state index in [0.717, 1.165) is 43.6 Å². The quantitative estimate of drug-likeness (QED) is 0.223. The Morgan fingerprint density at radius 1 is 1.18 bits per heavy atom. The van der Waals surface area contributed by atoms with Crippen molar-refractivity contribution in [2.45, 2.75) is 77.9 Å². The molecule has 0 bridgehead atoms. The third-order valence-corrected chi connectivity index (χ3v) is 5.08. The van der Waals surface area contributed by atoms with Crippen LogP contribution in [0, 0.1) is 0 Å². The summed E-state index contributed by atoms with van der Waals surface area (Å²) in [6.07, 6.45) is 4.38. The van der Waals surface area contributed by atoms with Gasteiger partial charge < -0.3 is 20.5 Å². The highest BCUT2D eigenvalue weighted by Crippen LogP contribution is 2.25. The Balaban J connectivity index is 2.26. The van der Waals surface area contributed by atoms with Gasteiger partial charge in [0.25, 0.3) is 0 Å². The first kappa shape index (κ1) is 24.4. The first-order chi connectivity index (χ1) is 13.1. The van der Waals surface area contributed by atoms with Gasteiger partial charge in [-0.15, -0.1) is 11.3 Å². The Hall–Kier alpha value is -1.60. The lowest BCUT2D eigenvalue weighted by atomic mass is 10.1. The lowest BCUT2D eigenvalue weighted by Crippen LogP contribution is -2.39. The average molecular weight is 412 g/mol. The zero-order chi connectivity index (χ0) is 21.0. The van der Waals surface area contributed by atoms with Crippen LogP contribution >= 0.6 is 11.3 Å². The second-order valence-corrected chi connectivity index (χ2v) is 9.07. The fourth-order valence-electron chi connectivity index (χ4n) is 2.58. The van der Waals surface area contributed by atoms with Gasteiger partial charge in [-0.1, -0.05) is 18.9 Å². The van der Waals surface area contributed by atoms with Crippen LogP contribution < -0.4 is 10.6 Å². The van der Waals surface area contributed by atoms with E-state index in [-0.39, 0.29) is 5.97 Å². The third-order valence-electron chi connectivity index (χ3n) is 3.96. The highest BCUT2D eigenvalue weighted by Gasteiger charge is 2.24. The lowest BCUT2D eigenvalue weighted by Gasteiger charge is -2.20. The number of rotatable bonds is 11. The van der Waals surface area contributed by atoms with E-state index in [0.29, 0.717) is 18.9 Å². The first-order valence-corrected chi connectivity index (χ1v) is 11.0. The van der Waals surface area contributed by atoms with E-state index in [1.54, 1.807) is 6.92 Å². The van der Waals surface area contributed by atoms with Crippen LogP contribution in [0.25, 0.3) is 0 Å². The standard InChI is InChI=1S/C21H37N3O3S/c1-6-22-19(24-16-21(5,26)17-12-11-15-28-17)23-14-10-8-7-9-13-18(25)27-20(2,3)4/h11-12,15,26H,6-10,13-14,16H2,1-5H3,(H2,22,23,24). The number of aliphatic imine (C=N–C) groups is 1. The summed E-state index contributed by atoms with van der Waals surface area (Å²) in [5, 5.41) is 19.1. The van der Waals surface area contributed by atoms with Crippen LogP contribution in [-0.4, -0.2) is 42.3 Å². The molecular weight excluding hydrogens is 374 g/mol. The Bertz CT molecular complexity index is 593. The van der Waals surface area contributed by atoms with Crippen molar-refractivity contribution in [1.82, 2.24) is 10.6 Å². The van der Waals surface area contributed by atoms with Crippen molar-refractivity contribution < 1.29 is 14.6 Å². The van der Waals surface area contributed by atoms with Gasteiger partial charge in [-0.25, -0.2) is 4.99 Å². The molecule has 0 aliphatic heterocycles. The number of carbonyl (C=O) groups is 1. The van der Waals surface area contributed by atoms with Crippen LogP contribution in [0.5, 0.6) is 0 Å². The molecule has 0 amide bonds.